The van der Waals surface area contributed by atoms with Crippen molar-refractivity contribution in [1.29, 1.82) is 0 Å². The molecule has 0 aliphatic rings. The Hall–Kier alpha value is -0.450. The molecular weight excluding hydrogens is 309 g/mol. The second kappa shape index (κ2) is 9.45. The Kier molecular flexibility index (Phi) is 8.26. The van der Waals surface area contributed by atoms with Gasteiger partial charge in [0.05, 0.1) is 4.47 Å². The molecule has 1 unspecified atom stereocenters. The summed E-state index contributed by atoms with van der Waals surface area (Å²) in [4.78, 5) is 0. The molecule has 0 aliphatic heterocycles. The average molecular weight is 332 g/mol. The number of halogens is 2. The van der Waals surface area contributed by atoms with Gasteiger partial charge in [0, 0.05) is 24.8 Å². The fourth-order valence-electron chi connectivity index (χ4n) is 1.92. The monoisotopic (exact) mass is 331 g/mol. The molecule has 2 nitrogen and oxygen atoms in total. The van der Waals surface area contributed by atoms with E-state index in [1.807, 2.05) is 12.1 Å². The Morgan fingerprint density at radius 1 is 1.26 bits per heavy atom. The lowest BCUT2D eigenvalue weighted by molar-refractivity contribution is 0.124. The van der Waals surface area contributed by atoms with E-state index in [0.717, 1.165) is 32.4 Å². The van der Waals surface area contributed by atoms with Crippen LogP contribution in [-0.4, -0.2) is 19.8 Å². The van der Waals surface area contributed by atoms with Crippen molar-refractivity contribution in [2.75, 3.05) is 19.8 Å². The molecule has 0 saturated carbocycles. The molecule has 0 aliphatic carbocycles. The third-order valence-corrected chi connectivity index (χ3v) is 3.51. The summed E-state index contributed by atoms with van der Waals surface area (Å²) in [5, 5.41) is 3.39. The number of benzene rings is 1. The third kappa shape index (κ3) is 5.59. The van der Waals surface area contributed by atoms with Gasteiger partial charge >= 0.3 is 0 Å². The maximum Gasteiger partial charge on any atom is 0.142 e. The van der Waals surface area contributed by atoms with Crippen molar-refractivity contribution < 1.29 is 9.13 Å². The first kappa shape index (κ1) is 16.6. The van der Waals surface area contributed by atoms with Gasteiger partial charge in [0.25, 0.3) is 0 Å². The lowest BCUT2D eigenvalue weighted by atomic mass is 10.0. The van der Waals surface area contributed by atoms with Crippen LogP contribution in [0.5, 0.6) is 0 Å². The van der Waals surface area contributed by atoms with E-state index in [4.69, 9.17) is 4.74 Å². The fourth-order valence-corrected chi connectivity index (χ4v) is 2.30. The van der Waals surface area contributed by atoms with Crippen molar-refractivity contribution in [2.45, 2.75) is 39.2 Å². The van der Waals surface area contributed by atoms with Crippen molar-refractivity contribution in [2.24, 2.45) is 0 Å². The summed E-state index contributed by atoms with van der Waals surface area (Å²) in [6, 6.07) is 5.45. The topological polar surface area (TPSA) is 21.3 Å². The predicted molar refractivity (Wildman–Crippen MR) is 80.9 cm³/mol. The Morgan fingerprint density at radius 2 is 2.05 bits per heavy atom. The van der Waals surface area contributed by atoms with Gasteiger partial charge in [0.15, 0.2) is 0 Å². The maximum atomic E-state index is 14.1. The van der Waals surface area contributed by atoms with Crippen LogP contribution in [0.3, 0.4) is 0 Å². The number of ether oxygens (including phenoxy) is 1. The molecule has 19 heavy (non-hydrogen) atoms. The molecule has 0 heterocycles. The summed E-state index contributed by atoms with van der Waals surface area (Å²) in [5.74, 6) is -0.174. The summed E-state index contributed by atoms with van der Waals surface area (Å²) in [6.45, 7) is 6.49. The first-order valence-corrected chi connectivity index (χ1v) is 7.75. The molecule has 1 atom stereocenters. The van der Waals surface area contributed by atoms with Crippen LogP contribution in [0, 0.1) is 5.82 Å². The van der Waals surface area contributed by atoms with Crippen LogP contribution in [0.1, 0.15) is 44.7 Å². The Morgan fingerprint density at radius 3 is 2.74 bits per heavy atom. The second-order valence-corrected chi connectivity index (χ2v) is 5.41. The van der Waals surface area contributed by atoms with Gasteiger partial charge in [-0.2, -0.15) is 0 Å². The molecule has 108 valence electrons. The van der Waals surface area contributed by atoms with Gasteiger partial charge in [0.2, 0.25) is 0 Å². The van der Waals surface area contributed by atoms with Crippen LogP contribution in [0.15, 0.2) is 22.7 Å². The van der Waals surface area contributed by atoms with E-state index in [-0.39, 0.29) is 11.9 Å². The normalized spacial score (nSPS) is 12.6. The lowest BCUT2D eigenvalue weighted by Crippen LogP contribution is -2.24. The lowest BCUT2D eigenvalue weighted by Gasteiger charge is -2.20. The predicted octanol–water partition coefficient (Wildman–Crippen LogP) is 4.45. The van der Waals surface area contributed by atoms with Gasteiger partial charge in [-0.25, -0.2) is 4.39 Å². The highest BCUT2D eigenvalue weighted by Gasteiger charge is 2.16. The highest BCUT2D eigenvalue weighted by atomic mass is 79.9. The molecule has 1 N–H and O–H groups in total. The molecule has 0 radical (unpaired) electrons. The number of rotatable bonds is 9. The fraction of sp³-hybridized carbons (Fsp3) is 0.600. The minimum Gasteiger partial charge on any atom is -0.381 e. The van der Waals surface area contributed by atoms with Gasteiger partial charge in [-0.1, -0.05) is 26.0 Å². The van der Waals surface area contributed by atoms with Crippen LogP contribution in [-0.2, 0) is 4.74 Å². The number of hydrogen-bond donors (Lipinski definition) is 1. The van der Waals surface area contributed by atoms with E-state index in [1.54, 1.807) is 6.07 Å². The number of hydrogen-bond acceptors (Lipinski definition) is 2. The summed E-state index contributed by atoms with van der Waals surface area (Å²) >= 11 is 3.24. The Labute approximate surface area is 123 Å². The molecular formula is C15H23BrFNO. The first-order chi connectivity index (χ1) is 9.20. The van der Waals surface area contributed by atoms with Gasteiger partial charge < -0.3 is 10.1 Å². The van der Waals surface area contributed by atoms with Crippen LogP contribution in [0.4, 0.5) is 4.39 Å². The minimum atomic E-state index is -0.174. The molecule has 0 spiro atoms. The van der Waals surface area contributed by atoms with E-state index in [0.29, 0.717) is 16.6 Å². The zero-order chi connectivity index (χ0) is 14.1. The highest BCUT2D eigenvalue weighted by Crippen LogP contribution is 2.25. The van der Waals surface area contributed by atoms with Crippen LogP contribution in [0.25, 0.3) is 0 Å². The van der Waals surface area contributed by atoms with Crippen LogP contribution < -0.4 is 5.32 Å². The summed E-state index contributed by atoms with van der Waals surface area (Å²) < 4.78 is 20.2. The molecule has 0 saturated heterocycles. The molecule has 0 aromatic heterocycles. The van der Waals surface area contributed by atoms with Crippen molar-refractivity contribution >= 4 is 15.9 Å². The van der Waals surface area contributed by atoms with E-state index in [9.17, 15) is 4.39 Å². The minimum absolute atomic E-state index is 0.00862. The summed E-state index contributed by atoms with van der Waals surface area (Å²) in [5.41, 5.74) is 0.711. The second-order valence-electron chi connectivity index (χ2n) is 4.55. The maximum absolute atomic E-state index is 14.1. The van der Waals surface area contributed by atoms with Gasteiger partial charge in [-0.05, 0) is 47.8 Å². The molecule has 0 amide bonds. The zero-order valence-electron chi connectivity index (χ0n) is 11.7. The average Bonchev–Trinajstić information content (AvgIpc) is 2.42. The highest BCUT2D eigenvalue weighted by molar-refractivity contribution is 9.10. The molecule has 1 rings (SSSR count). The SMILES string of the molecule is CCCNC(CCOCCC)c1cccc(Br)c1F. The molecule has 0 bridgehead atoms. The van der Waals surface area contributed by atoms with Crippen molar-refractivity contribution in [3.63, 3.8) is 0 Å². The molecule has 1 aromatic carbocycles. The molecule has 0 fully saturated rings. The standard InChI is InChI=1S/C15H23BrFNO/c1-3-9-18-14(8-11-19-10-4-2)12-6-5-7-13(16)15(12)17/h5-7,14,18H,3-4,8-11H2,1-2H3. The Bertz CT molecular complexity index is 373. The van der Waals surface area contributed by atoms with Crippen molar-refractivity contribution in [1.82, 2.24) is 5.32 Å². The van der Waals surface area contributed by atoms with Crippen molar-refractivity contribution in [3.8, 4) is 0 Å². The van der Waals surface area contributed by atoms with E-state index in [2.05, 4.69) is 35.1 Å². The largest absolute Gasteiger partial charge is 0.381 e. The Balaban J connectivity index is 2.69. The van der Waals surface area contributed by atoms with E-state index < -0.39 is 0 Å². The summed E-state index contributed by atoms with van der Waals surface area (Å²) in [7, 11) is 0. The molecule has 4 heteroatoms. The quantitative estimate of drug-likeness (QED) is 0.675. The van der Waals surface area contributed by atoms with E-state index in [1.165, 1.54) is 0 Å². The van der Waals surface area contributed by atoms with Gasteiger partial charge in [-0.3, -0.25) is 0 Å². The smallest absolute Gasteiger partial charge is 0.142 e. The number of nitrogens with one attached hydrogen (secondary N) is 1. The zero-order valence-corrected chi connectivity index (χ0v) is 13.3. The van der Waals surface area contributed by atoms with Crippen LogP contribution >= 0.6 is 15.9 Å². The van der Waals surface area contributed by atoms with Crippen molar-refractivity contribution in [3.05, 3.63) is 34.1 Å². The summed E-state index contributed by atoms with van der Waals surface area (Å²) in [6.07, 6.45) is 2.83. The third-order valence-electron chi connectivity index (χ3n) is 2.90. The molecule has 1 aromatic rings. The van der Waals surface area contributed by atoms with Gasteiger partial charge in [0.1, 0.15) is 5.82 Å². The van der Waals surface area contributed by atoms with E-state index >= 15 is 0 Å². The van der Waals surface area contributed by atoms with Crippen LogP contribution in [0.2, 0.25) is 0 Å². The first-order valence-electron chi connectivity index (χ1n) is 6.95. The van der Waals surface area contributed by atoms with Gasteiger partial charge in [-0.15, -0.1) is 0 Å².